The Morgan fingerprint density at radius 2 is 1.84 bits per heavy atom. The van der Waals surface area contributed by atoms with Gasteiger partial charge in [-0.05, 0) is 55.0 Å². The number of carbonyl (C=O) groups is 4. The summed E-state index contributed by atoms with van der Waals surface area (Å²) in [7, 11) is 1.56. The second kappa shape index (κ2) is 15.4. The third-order valence-electron chi connectivity index (χ3n) is 10.0. The molecule has 0 aliphatic carbocycles. The van der Waals surface area contributed by atoms with Gasteiger partial charge in [-0.15, -0.1) is 13.2 Å². The second-order valence-corrected chi connectivity index (χ2v) is 13.2. The number of hydrogen-bond donors (Lipinski definition) is 2. The van der Waals surface area contributed by atoms with Crippen LogP contribution in [0.3, 0.4) is 0 Å². The zero-order valence-electron chi connectivity index (χ0n) is 28.5. The number of likely N-dealkylation sites (tertiary alicyclic amines) is 1. The van der Waals surface area contributed by atoms with Crippen LogP contribution in [0.1, 0.15) is 51.2 Å². The number of nitrogens with one attached hydrogen (secondary N) is 1. The average Bonchev–Trinajstić information content (AvgIpc) is 3.76. The summed E-state index contributed by atoms with van der Waals surface area (Å²) in [4.78, 5) is 59.1. The van der Waals surface area contributed by atoms with Gasteiger partial charge in [0.15, 0.2) is 0 Å². The van der Waals surface area contributed by atoms with Crippen molar-refractivity contribution in [2.75, 3.05) is 31.7 Å². The van der Waals surface area contributed by atoms with E-state index in [0.29, 0.717) is 36.3 Å². The van der Waals surface area contributed by atoms with Crippen LogP contribution in [-0.4, -0.2) is 84.3 Å². The summed E-state index contributed by atoms with van der Waals surface area (Å²) in [6.07, 6.45) is 3.41. The summed E-state index contributed by atoms with van der Waals surface area (Å²) in [5.41, 5.74) is -0.0455. The summed E-state index contributed by atoms with van der Waals surface area (Å²) in [5.74, 6) is -3.21. The van der Waals surface area contributed by atoms with Crippen LogP contribution < -0.4 is 15.0 Å². The summed E-state index contributed by atoms with van der Waals surface area (Å²) < 4.78 is 18.1. The first-order chi connectivity index (χ1) is 23.6. The Hall–Kier alpha value is -4.48. The number of fused-ring (bicyclic) bond motifs is 1. The zero-order valence-corrected chi connectivity index (χ0v) is 28.5. The van der Waals surface area contributed by atoms with E-state index in [2.05, 4.69) is 18.5 Å². The fraction of sp³-hybridized carbons (Fsp3) is 0.474. The molecule has 7 atom stereocenters. The van der Waals surface area contributed by atoms with E-state index in [-0.39, 0.29) is 43.8 Å². The molecule has 3 aliphatic heterocycles. The van der Waals surface area contributed by atoms with Crippen molar-refractivity contribution in [1.29, 1.82) is 0 Å². The van der Waals surface area contributed by atoms with Crippen LogP contribution in [0.4, 0.5) is 5.69 Å². The molecule has 3 amide bonds. The zero-order chi connectivity index (χ0) is 35.3. The van der Waals surface area contributed by atoms with E-state index in [1.165, 1.54) is 4.90 Å². The van der Waals surface area contributed by atoms with Gasteiger partial charge >= 0.3 is 5.97 Å². The number of nitrogens with zero attached hydrogens (tertiary/aromatic N) is 2. The molecular weight excluding hydrogens is 626 g/mol. The van der Waals surface area contributed by atoms with E-state index in [4.69, 9.17) is 14.2 Å². The molecule has 0 saturated carbocycles. The van der Waals surface area contributed by atoms with Gasteiger partial charge < -0.3 is 34.4 Å². The minimum Gasteiger partial charge on any atom is -0.497 e. The number of carbonyl (C=O) groups excluding carboxylic acids is 4. The van der Waals surface area contributed by atoms with Crippen molar-refractivity contribution in [1.82, 2.24) is 10.2 Å². The van der Waals surface area contributed by atoms with Crippen LogP contribution in [0.5, 0.6) is 5.75 Å². The highest BCUT2D eigenvalue weighted by Crippen LogP contribution is 2.59. The van der Waals surface area contributed by atoms with Gasteiger partial charge in [0.2, 0.25) is 11.8 Å². The number of benzene rings is 2. The molecule has 262 valence electrons. The molecule has 3 saturated heterocycles. The molecule has 11 nitrogen and oxygen atoms in total. The predicted molar refractivity (Wildman–Crippen MR) is 183 cm³/mol. The second-order valence-electron chi connectivity index (χ2n) is 13.2. The van der Waals surface area contributed by atoms with Crippen LogP contribution in [0, 0.1) is 17.8 Å². The van der Waals surface area contributed by atoms with Crippen molar-refractivity contribution in [2.45, 2.75) is 69.4 Å². The van der Waals surface area contributed by atoms with E-state index >= 15 is 0 Å². The molecule has 0 radical (unpaired) electrons. The highest BCUT2D eigenvalue weighted by Gasteiger charge is 2.76. The molecule has 2 bridgehead atoms. The van der Waals surface area contributed by atoms with Gasteiger partial charge in [-0.1, -0.05) is 56.3 Å². The normalized spacial score (nSPS) is 25.0. The third-order valence-corrected chi connectivity index (χ3v) is 10.0. The minimum atomic E-state index is -1.31. The minimum absolute atomic E-state index is 0.0409. The smallest absolute Gasteiger partial charge is 0.313 e. The molecule has 0 unspecified atom stereocenters. The number of esters is 1. The number of hydrogen-bond acceptors (Lipinski definition) is 8. The van der Waals surface area contributed by atoms with Gasteiger partial charge in [-0.3, -0.25) is 19.2 Å². The lowest BCUT2D eigenvalue weighted by molar-refractivity contribution is -0.161. The molecule has 3 fully saturated rings. The molecule has 3 heterocycles. The lowest BCUT2D eigenvalue weighted by atomic mass is 9.70. The van der Waals surface area contributed by atoms with Gasteiger partial charge in [0.1, 0.15) is 23.5 Å². The van der Waals surface area contributed by atoms with E-state index in [1.54, 1.807) is 48.4 Å². The van der Waals surface area contributed by atoms with Gasteiger partial charge in [-0.25, -0.2) is 0 Å². The SMILES string of the molecule is C=CCCC(=O)NC[C@@H](OC(=O)[C@@H]1[C@H]2C(=O)N([C@@H](CO)C(C)C)[C@H](C(=O)N(CC=C)c3ccc(OC)cc3)[C@]23CC[C@H]1O3)c1ccccc1. The summed E-state index contributed by atoms with van der Waals surface area (Å²) in [6, 6.07) is 14.3. The number of rotatable bonds is 16. The Morgan fingerprint density at radius 3 is 2.45 bits per heavy atom. The van der Waals surface area contributed by atoms with Crippen molar-refractivity contribution in [3.8, 4) is 5.75 Å². The number of methoxy groups -OCH3 is 1. The number of amides is 3. The number of anilines is 1. The van der Waals surface area contributed by atoms with Crippen molar-refractivity contribution < 1.29 is 38.5 Å². The van der Waals surface area contributed by atoms with Gasteiger partial charge in [0, 0.05) is 18.7 Å². The molecule has 1 spiro atoms. The van der Waals surface area contributed by atoms with E-state index in [0.717, 1.165) is 0 Å². The van der Waals surface area contributed by atoms with E-state index < -0.39 is 53.6 Å². The van der Waals surface area contributed by atoms with Crippen LogP contribution >= 0.6 is 0 Å². The van der Waals surface area contributed by atoms with Crippen LogP contribution in [0.25, 0.3) is 0 Å². The van der Waals surface area contributed by atoms with Gasteiger partial charge in [0.05, 0.1) is 44.2 Å². The monoisotopic (exact) mass is 673 g/mol. The summed E-state index contributed by atoms with van der Waals surface area (Å²) in [5, 5.41) is 13.4. The maximum atomic E-state index is 14.8. The molecule has 2 N–H and O–H groups in total. The predicted octanol–water partition coefficient (Wildman–Crippen LogP) is 3.97. The standard InChI is InChI=1S/C38H47N3O8/c1-6-8-14-31(43)39-22-30(25-12-10-9-11-13-25)48-37(46)32-29-19-20-38(49-29)33(32)35(44)41(28(23-42)24(3)4)34(38)36(45)40(21-7-2)26-15-17-27(47-5)18-16-26/h6-7,9-13,15-18,24,28-30,32-34,42H,1-2,8,14,19-23H2,3-5H3,(H,39,43)/t28-,29+,30+,32-,33-,34+,38-/m0/s1. The van der Waals surface area contributed by atoms with Gasteiger partial charge in [-0.2, -0.15) is 0 Å². The van der Waals surface area contributed by atoms with Crippen LogP contribution in [0.2, 0.25) is 0 Å². The molecule has 11 heteroatoms. The first-order valence-corrected chi connectivity index (χ1v) is 16.9. The Balaban J connectivity index is 1.49. The molecule has 0 aromatic heterocycles. The largest absolute Gasteiger partial charge is 0.497 e. The number of ether oxygens (including phenoxy) is 3. The third kappa shape index (κ3) is 6.87. The maximum absolute atomic E-state index is 14.8. The van der Waals surface area contributed by atoms with Crippen molar-refractivity contribution in [3.63, 3.8) is 0 Å². The van der Waals surface area contributed by atoms with Crippen LogP contribution in [-0.2, 0) is 28.7 Å². The van der Waals surface area contributed by atoms with Crippen molar-refractivity contribution >= 4 is 29.4 Å². The molecule has 3 aliphatic rings. The number of aliphatic hydroxyl groups is 1. The lowest BCUT2D eigenvalue weighted by Crippen LogP contribution is -2.59. The summed E-state index contributed by atoms with van der Waals surface area (Å²) in [6.45, 7) is 11.1. The highest BCUT2D eigenvalue weighted by molar-refractivity contribution is 6.05. The van der Waals surface area contributed by atoms with Crippen molar-refractivity contribution in [3.05, 3.63) is 85.5 Å². The fourth-order valence-corrected chi connectivity index (χ4v) is 7.62. The van der Waals surface area contributed by atoms with Gasteiger partial charge in [0.25, 0.3) is 5.91 Å². The Bertz CT molecular complexity index is 1530. The Labute approximate surface area is 287 Å². The Kier molecular flexibility index (Phi) is 11.2. The molecule has 2 aromatic carbocycles. The highest BCUT2D eigenvalue weighted by atomic mass is 16.6. The van der Waals surface area contributed by atoms with Crippen LogP contribution in [0.15, 0.2) is 79.9 Å². The molecular formula is C38H47N3O8. The first-order valence-electron chi connectivity index (χ1n) is 16.9. The van der Waals surface area contributed by atoms with E-state index in [1.807, 2.05) is 44.2 Å². The number of allylic oxidation sites excluding steroid dienone is 1. The topological polar surface area (TPSA) is 135 Å². The molecule has 49 heavy (non-hydrogen) atoms. The average molecular weight is 674 g/mol. The number of aliphatic hydroxyl groups excluding tert-OH is 1. The lowest BCUT2D eigenvalue weighted by Gasteiger charge is -2.40. The molecule has 5 rings (SSSR count). The van der Waals surface area contributed by atoms with E-state index in [9.17, 15) is 24.3 Å². The molecule has 2 aromatic rings. The van der Waals surface area contributed by atoms with Crippen molar-refractivity contribution in [2.24, 2.45) is 17.8 Å². The summed E-state index contributed by atoms with van der Waals surface area (Å²) >= 11 is 0. The maximum Gasteiger partial charge on any atom is 0.313 e. The first kappa shape index (κ1) is 35.8. The Morgan fingerprint density at radius 1 is 1.12 bits per heavy atom. The fourth-order valence-electron chi connectivity index (χ4n) is 7.62. The quantitative estimate of drug-likeness (QED) is 0.202.